The number of carbonyl (C=O) groups is 1. The van der Waals surface area contributed by atoms with Crippen molar-refractivity contribution in [3.63, 3.8) is 0 Å². The van der Waals surface area contributed by atoms with Crippen molar-refractivity contribution in [2.75, 3.05) is 12.8 Å². The van der Waals surface area contributed by atoms with Crippen molar-refractivity contribution in [1.82, 2.24) is 0 Å². The molecule has 0 rings (SSSR count). The number of carbonyl (C=O) groups excluding carboxylic acids is 1. The monoisotopic (exact) mass is 404 g/mol. The van der Waals surface area contributed by atoms with E-state index in [4.69, 9.17) is 14.5 Å². The summed E-state index contributed by atoms with van der Waals surface area (Å²) < 4.78 is 15.5. The Morgan fingerprint density at radius 2 is 1.30 bits per heavy atom. The van der Waals surface area contributed by atoms with Gasteiger partial charge in [0.25, 0.3) is 0 Å². The van der Waals surface area contributed by atoms with Gasteiger partial charge in [0.1, 0.15) is 6.61 Å². The summed E-state index contributed by atoms with van der Waals surface area (Å²) in [6.07, 6.45) is 21.6. The van der Waals surface area contributed by atoms with Gasteiger partial charge in [-0.1, -0.05) is 96.1 Å². The summed E-state index contributed by atoms with van der Waals surface area (Å²) in [7, 11) is -4.12. The van der Waals surface area contributed by atoms with E-state index in [1.54, 1.807) is 6.08 Å². The van der Waals surface area contributed by atoms with Crippen LogP contribution in [0.25, 0.3) is 0 Å². The van der Waals surface area contributed by atoms with Gasteiger partial charge in [-0.2, -0.15) is 0 Å². The van der Waals surface area contributed by atoms with Crippen LogP contribution >= 0.6 is 7.60 Å². The lowest BCUT2D eigenvalue weighted by Gasteiger charge is -2.03. The zero-order chi connectivity index (χ0) is 20.2. The Balaban J connectivity index is 3.25. The topological polar surface area (TPSA) is 83.8 Å². The summed E-state index contributed by atoms with van der Waals surface area (Å²) in [5.41, 5.74) is 0. The van der Waals surface area contributed by atoms with E-state index in [9.17, 15) is 9.36 Å². The normalized spacial score (nSPS) is 12.0. The van der Waals surface area contributed by atoms with Crippen molar-refractivity contribution in [2.24, 2.45) is 0 Å². The molecule has 160 valence electrons. The molecule has 0 aliphatic rings. The molecule has 0 saturated carbocycles. The smallest absolute Gasteiger partial charge is 0.326 e. The van der Waals surface area contributed by atoms with Gasteiger partial charge in [-0.05, 0) is 12.8 Å². The lowest BCUT2D eigenvalue weighted by atomic mass is 10.0. The van der Waals surface area contributed by atoms with E-state index in [1.807, 2.05) is 6.08 Å². The second-order valence-corrected chi connectivity index (χ2v) is 9.10. The summed E-state index contributed by atoms with van der Waals surface area (Å²) in [6.45, 7) is 2.44. The fraction of sp³-hybridized carbons (Fsp3) is 0.857. The quantitative estimate of drug-likeness (QED) is 0.117. The molecule has 6 heteroatoms. The Labute approximate surface area is 166 Å². The number of allylic oxidation sites excluding steroid dienone is 1. The minimum absolute atomic E-state index is 0.179. The third-order valence-corrected chi connectivity index (χ3v) is 5.39. The molecule has 0 unspecified atom stereocenters. The predicted octanol–water partition coefficient (Wildman–Crippen LogP) is 6.13. The highest BCUT2D eigenvalue weighted by atomic mass is 31.2. The molecular weight excluding hydrogens is 363 g/mol. The van der Waals surface area contributed by atoms with Crippen molar-refractivity contribution in [3.8, 4) is 0 Å². The van der Waals surface area contributed by atoms with E-state index >= 15 is 0 Å². The van der Waals surface area contributed by atoms with Crippen molar-refractivity contribution in [3.05, 3.63) is 12.2 Å². The lowest BCUT2D eigenvalue weighted by molar-refractivity contribution is -0.141. The molecule has 0 aromatic heterocycles. The van der Waals surface area contributed by atoms with Crippen LogP contribution in [0.4, 0.5) is 0 Å². The molecule has 0 radical (unpaired) electrons. The Kier molecular flexibility index (Phi) is 18.3. The second-order valence-electron chi connectivity index (χ2n) is 7.32. The Morgan fingerprint density at radius 1 is 0.815 bits per heavy atom. The first-order valence-corrected chi connectivity index (χ1v) is 12.6. The highest BCUT2D eigenvalue weighted by Crippen LogP contribution is 2.34. The first-order valence-electron chi connectivity index (χ1n) is 10.8. The molecule has 0 aromatic rings. The predicted molar refractivity (Wildman–Crippen MR) is 112 cm³/mol. The summed E-state index contributed by atoms with van der Waals surface area (Å²) >= 11 is 0. The summed E-state index contributed by atoms with van der Waals surface area (Å²) in [5, 5.41) is 0. The first-order chi connectivity index (χ1) is 13.0. The van der Waals surface area contributed by atoms with E-state index < -0.39 is 19.7 Å². The molecule has 0 saturated heterocycles. The van der Waals surface area contributed by atoms with Crippen LogP contribution in [0.1, 0.15) is 103 Å². The van der Waals surface area contributed by atoms with Gasteiger partial charge in [-0.15, -0.1) is 0 Å². The van der Waals surface area contributed by atoms with Crippen LogP contribution in [0.3, 0.4) is 0 Å². The minimum atomic E-state index is -4.12. The molecule has 5 nitrogen and oxygen atoms in total. The van der Waals surface area contributed by atoms with Crippen molar-refractivity contribution < 1.29 is 23.9 Å². The molecular formula is C21H41O5P. The zero-order valence-electron chi connectivity index (χ0n) is 17.2. The fourth-order valence-corrected chi connectivity index (χ4v) is 3.39. The van der Waals surface area contributed by atoms with Gasteiger partial charge in [0.05, 0.1) is 12.6 Å². The van der Waals surface area contributed by atoms with Crippen molar-refractivity contribution in [1.29, 1.82) is 0 Å². The zero-order valence-corrected chi connectivity index (χ0v) is 18.1. The van der Waals surface area contributed by atoms with Crippen LogP contribution in [-0.4, -0.2) is 28.5 Å². The van der Waals surface area contributed by atoms with E-state index in [1.165, 1.54) is 77.0 Å². The van der Waals surface area contributed by atoms with Gasteiger partial charge in [-0.25, -0.2) is 0 Å². The van der Waals surface area contributed by atoms with Crippen LogP contribution in [0.15, 0.2) is 12.2 Å². The second kappa shape index (κ2) is 18.7. The van der Waals surface area contributed by atoms with Gasteiger partial charge in [0.2, 0.25) is 0 Å². The molecule has 0 amide bonds. The molecule has 0 fully saturated rings. The van der Waals surface area contributed by atoms with Crippen LogP contribution in [0.5, 0.6) is 0 Å². The number of hydrogen-bond acceptors (Lipinski definition) is 3. The van der Waals surface area contributed by atoms with Crippen LogP contribution in [0.2, 0.25) is 0 Å². The molecule has 0 heterocycles. The Morgan fingerprint density at radius 3 is 1.78 bits per heavy atom. The third kappa shape index (κ3) is 23.3. The van der Waals surface area contributed by atoms with Gasteiger partial charge < -0.3 is 14.5 Å². The highest BCUT2D eigenvalue weighted by Gasteiger charge is 2.15. The molecule has 0 aromatic carbocycles. The molecule has 27 heavy (non-hydrogen) atoms. The average Bonchev–Trinajstić information content (AvgIpc) is 2.62. The molecule has 0 spiro atoms. The summed E-state index contributed by atoms with van der Waals surface area (Å²) in [5.74, 6) is -0.566. The fourth-order valence-electron chi connectivity index (χ4n) is 2.92. The molecule has 0 atom stereocenters. The average molecular weight is 405 g/mol. The van der Waals surface area contributed by atoms with Gasteiger partial charge in [0, 0.05) is 0 Å². The molecule has 0 aliphatic heterocycles. The van der Waals surface area contributed by atoms with Gasteiger partial charge in [-0.3, -0.25) is 9.36 Å². The number of esters is 1. The van der Waals surface area contributed by atoms with E-state index in [-0.39, 0.29) is 13.0 Å². The summed E-state index contributed by atoms with van der Waals surface area (Å²) in [4.78, 5) is 28.6. The molecule has 0 bridgehead atoms. The molecule has 2 N–H and O–H groups in total. The van der Waals surface area contributed by atoms with Crippen LogP contribution in [-0.2, 0) is 14.1 Å². The van der Waals surface area contributed by atoms with Gasteiger partial charge >= 0.3 is 13.6 Å². The van der Waals surface area contributed by atoms with E-state index in [2.05, 4.69) is 6.92 Å². The minimum Gasteiger partial charge on any atom is -0.461 e. The standard InChI is InChI=1S/C21H41O5P/c1-2-3-4-5-6-7-8-9-10-11-12-13-14-15-16-17-19-26-21(22)18-20-27(23,24)25/h16-17H,2-15,18-20H2,1H3,(H2,23,24,25). The first kappa shape index (κ1) is 26.4. The maximum absolute atomic E-state index is 11.3. The van der Waals surface area contributed by atoms with Crippen molar-refractivity contribution in [2.45, 2.75) is 103 Å². The van der Waals surface area contributed by atoms with Gasteiger partial charge in [0.15, 0.2) is 0 Å². The lowest BCUT2D eigenvalue weighted by Crippen LogP contribution is -2.06. The van der Waals surface area contributed by atoms with E-state index in [0.717, 1.165) is 12.8 Å². The Hall–Kier alpha value is -0.640. The largest absolute Gasteiger partial charge is 0.461 e. The number of unbranched alkanes of at least 4 members (excludes halogenated alkanes) is 13. The van der Waals surface area contributed by atoms with Crippen LogP contribution in [0, 0.1) is 0 Å². The van der Waals surface area contributed by atoms with E-state index in [0.29, 0.717) is 0 Å². The number of ether oxygens (including phenoxy) is 1. The number of rotatable bonds is 19. The maximum Gasteiger partial charge on any atom is 0.326 e. The highest BCUT2D eigenvalue weighted by molar-refractivity contribution is 7.51. The number of hydrogen-bond donors (Lipinski definition) is 2. The SMILES string of the molecule is CCCCCCCCCCCCCCCC=CCOC(=O)CCP(=O)(O)O. The summed E-state index contributed by atoms with van der Waals surface area (Å²) in [6, 6.07) is 0. The third-order valence-electron chi connectivity index (χ3n) is 4.59. The van der Waals surface area contributed by atoms with Crippen LogP contribution < -0.4 is 0 Å². The maximum atomic E-state index is 11.3. The molecule has 0 aliphatic carbocycles. The van der Waals surface area contributed by atoms with Crippen molar-refractivity contribution >= 4 is 13.6 Å². The Bertz CT molecular complexity index is 417.